The monoisotopic (exact) mass is 847 g/mol. The van der Waals surface area contributed by atoms with Gasteiger partial charge in [0.05, 0.1) is 36.2 Å². The number of esters is 1. The molecule has 14 heteroatoms. The summed E-state index contributed by atoms with van der Waals surface area (Å²) in [7, 11) is 4.68. The highest BCUT2D eigenvalue weighted by Gasteiger charge is 2.56. The van der Waals surface area contributed by atoms with Crippen molar-refractivity contribution in [2.75, 3.05) is 34.5 Å². The summed E-state index contributed by atoms with van der Waals surface area (Å²) >= 11 is 0. The van der Waals surface area contributed by atoms with E-state index in [1.54, 1.807) is 34.3 Å². The van der Waals surface area contributed by atoms with Crippen LogP contribution in [0.25, 0.3) is 0 Å². The number of piperidine rings is 1. The normalized spacial score (nSPS) is 40.1. The van der Waals surface area contributed by atoms with Gasteiger partial charge in [-0.1, -0.05) is 63.2 Å². The maximum atomic E-state index is 14.5. The van der Waals surface area contributed by atoms with Gasteiger partial charge in [-0.15, -0.1) is 0 Å². The highest BCUT2D eigenvalue weighted by atomic mass is 16.7. The Labute approximate surface area is 357 Å². The van der Waals surface area contributed by atoms with Crippen LogP contribution in [0.15, 0.2) is 41.1 Å². The number of cyclic esters (lactones) is 1. The van der Waals surface area contributed by atoms with Gasteiger partial charge in [0, 0.05) is 52.0 Å². The average Bonchev–Trinajstić information content (AvgIpc) is 3.23. The number of allylic oxidation sites excluding steroid dienone is 3. The van der Waals surface area contributed by atoms with Crippen molar-refractivity contribution >= 4 is 23.4 Å². The zero-order valence-electron chi connectivity index (χ0n) is 37.5. The molecule has 0 unspecified atom stereocenters. The smallest absolute Gasteiger partial charge is 0.329 e. The van der Waals surface area contributed by atoms with E-state index in [0.717, 1.165) is 5.57 Å². The van der Waals surface area contributed by atoms with E-state index in [-0.39, 0.29) is 56.3 Å². The molecule has 0 aromatic heterocycles. The SMILES string of the molecule is C=CCO/N=C1/C[C@H](O)[C@@H](C)[C@@H](/C(C)=C/[C@@H]2CC[C@@H](O)[C@H](OC)C2)OC(=O)[C@@H]2CCCCN2C(=O)C(=O)[C@]2(O)O[C@H]([C@@H](OC)C[C@@H](C)C/C(C)=C/[C@H]1CC)[C@@H](OC)C[C@H]2C. The van der Waals surface area contributed by atoms with Crippen molar-refractivity contribution in [2.45, 2.75) is 167 Å². The minimum absolute atomic E-state index is 0.0128. The number of ether oxygens (including phenoxy) is 5. The van der Waals surface area contributed by atoms with Gasteiger partial charge in [0.1, 0.15) is 24.9 Å². The van der Waals surface area contributed by atoms with Crippen LogP contribution in [0.5, 0.6) is 0 Å². The summed E-state index contributed by atoms with van der Waals surface area (Å²) in [4.78, 5) is 49.9. The van der Waals surface area contributed by atoms with Gasteiger partial charge >= 0.3 is 5.97 Å². The van der Waals surface area contributed by atoms with Gasteiger partial charge in [-0.3, -0.25) is 9.59 Å². The predicted octanol–water partition coefficient (Wildman–Crippen LogP) is 5.46. The van der Waals surface area contributed by atoms with Crippen LogP contribution in [0.1, 0.15) is 112 Å². The van der Waals surface area contributed by atoms with Crippen LogP contribution in [-0.4, -0.2) is 133 Å². The van der Waals surface area contributed by atoms with Gasteiger partial charge in [-0.05, 0) is 95.5 Å². The van der Waals surface area contributed by atoms with E-state index in [2.05, 4.69) is 31.7 Å². The molecule has 2 saturated heterocycles. The molecule has 4 aliphatic rings. The number of nitrogens with zero attached hydrogens (tertiary/aromatic N) is 2. The van der Waals surface area contributed by atoms with Gasteiger partial charge in [-0.25, -0.2) is 4.79 Å². The maximum absolute atomic E-state index is 14.5. The zero-order chi connectivity index (χ0) is 44.3. The Kier molecular flexibility index (Phi) is 19.0. The van der Waals surface area contributed by atoms with E-state index >= 15 is 0 Å². The molecule has 60 heavy (non-hydrogen) atoms. The van der Waals surface area contributed by atoms with E-state index in [4.69, 9.17) is 28.5 Å². The first kappa shape index (κ1) is 49.7. The van der Waals surface area contributed by atoms with Crippen molar-refractivity contribution in [1.82, 2.24) is 4.90 Å². The van der Waals surface area contributed by atoms with Crippen molar-refractivity contribution in [1.29, 1.82) is 0 Å². The third-order valence-electron chi connectivity index (χ3n) is 13.3. The highest BCUT2D eigenvalue weighted by molar-refractivity contribution is 6.39. The molecule has 14 atom stereocenters. The fourth-order valence-corrected chi connectivity index (χ4v) is 9.69. The van der Waals surface area contributed by atoms with Crippen LogP contribution < -0.4 is 0 Å². The molecular formula is C46H74N2O12. The number of amides is 1. The number of oxime groups is 1. The number of carbonyl (C=O) groups excluding carboxylic acids is 3. The number of rotatable bonds is 9. The molecule has 0 aromatic carbocycles. The van der Waals surface area contributed by atoms with Gasteiger partial charge in [0.2, 0.25) is 5.79 Å². The summed E-state index contributed by atoms with van der Waals surface area (Å²) in [5.41, 5.74) is 2.43. The van der Waals surface area contributed by atoms with Crippen LogP contribution in [0.2, 0.25) is 0 Å². The standard InChI is InChI=1S/C46H74N2O12/c1-11-19-58-47-34-26-37(50)31(7)41(29(5)23-32-16-17-36(49)38(25-32)55-8)59-45(53)35-15-13-14-18-48(35)44(52)43(51)46(54)30(6)24-40(57-10)42(60-46)39(56-9)22-28(4)20-27(3)21-33(34)12-2/h11,21,23,28,30-33,35-42,49-50,54H,1,12-20,22,24-26H2,2-10H3/b27-21+,29-23+,47-34-/t28-,30+,31+,32-,33+,35-,36+,37-,38+,39-,40-,41+,42+,46+/m0/s1. The van der Waals surface area contributed by atoms with E-state index in [9.17, 15) is 29.7 Å². The van der Waals surface area contributed by atoms with Gasteiger partial charge in [0.25, 0.3) is 11.7 Å². The fraction of sp³-hybridized carbons (Fsp3) is 0.783. The first-order valence-electron chi connectivity index (χ1n) is 22.1. The molecule has 3 fully saturated rings. The van der Waals surface area contributed by atoms with E-state index in [1.165, 1.54) is 4.90 Å². The summed E-state index contributed by atoms with van der Waals surface area (Å²) in [6, 6.07) is -1.12. The summed E-state index contributed by atoms with van der Waals surface area (Å²) in [5.74, 6) is -6.96. The largest absolute Gasteiger partial charge is 0.456 e. The minimum Gasteiger partial charge on any atom is -0.456 e. The van der Waals surface area contributed by atoms with Crippen molar-refractivity contribution in [3.05, 3.63) is 36.0 Å². The molecule has 4 rings (SSSR count). The zero-order valence-corrected chi connectivity index (χ0v) is 37.5. The van der Waals surface area contributed by atoms with E-state index < -0.39 is 77.9 Å². The van der Waals surface area contributed by atoms with Crippen LogP contribution in [0, 0.1) is 29.6 Å². The molecule has 3 aliphatic heterocycles. The fourth-order valence-electron chi connectivity index (χ4n) is 9.69. The second-order valence-electron chi connectivity index (χ2n) is 17.9. The number of aliphatic hydroxyl groups excluding tert-OH is 2. The molecule has 0 radical (unpaired) electrons. The lowest BCUT2D eigenvalue weighted by Gasteiger charge is -2.47. The lowest BCUT2D eigenvalue weighted by atomic mass is 9.81. The lowest BCUT2D eigenvalue weighted by molar-refractivity contribution is -0.302. The maximum Gasteiger partial charge on any atom is 0.329 e. The Morgan fingerprint density at radius 2 is 1.65 bits per heavy atom. The number of ketones is 1. The highest BCUT2D eigenvalue weighted by Crippen LogP contribution is 2.39. The number of aliphatic hydroxyl groups is 3. The van der Waals surface area contributed by atoms with Crippen molar-refractivity contribution < 1.29 is 58.2 Å². The molecular weight excluding hydrogens is 773 g/mol. The molecule has 3 heterocycles. The number of fused-ring (bicyclic) bond motifs is 3. The Balaban J connectivity index is 1.82. The molecule has 0 aromatic rings. The topological polar surface area (TPSA) is 183 Å². The molecule has 1 amide bonds. The van der Waals surface area contributed by atoms with Crippen molar-refractivity contribution in [3.63, 3.8) is 0 Å². The first-order valence-corrected chi connectivity index (χ1v) is 22.1. The second kappa shape index (κ2) is 22.9. The third-order valence-corrected chi connectivity index (χ3v) is 13.3. The number of methoxy groups -OCH3 is 3. The average molecular weight is 847 g/mol. The van der Waals surface area contributed by atoms with E-state index in [1.807, 2.05) is 26.8 Å². The Bertz CT molecular complexity index is 1550. The van der Waals surface area contributed by atoms with Crippen LogP contribution in [0.3, 0.4) is 0 Å². The van der Waals surface area contributed by atoms with Crippen molar-refractivity contribution in [2.24, 2.45) is 34.7 Å². The lowest BCUT2D eigenvalue weighted by Crippen LogP contribution is -2.64. The summed E-state index contributed by atoms with van der Waals surface area (Å²) in [5, 5.41) is 39.2. The Morgan fingerprint density at radius 3 is 2.30 bits per heavy atom. The van der Waals surface area contributed by atoms with Crippen LogP contribution >= 0.6 is 0 Å². The van der Waals surface area contributed by atoms with Crippen molar-refractivity contribution in [3.8, 4) is 0 Å². The van der Waals surface area contributed by atoms with Gasteiger partial charge in [0.15, 0.2) is 0 Å². The number of hydrogen-bond acceptors (Lipinski definition) is 13. The first-order chi connectivity index (χ1) is 28.5. The summed E-state index contributed by atoms with van der Waals surface area (Å²) in [6.45, 7) is 15.6. The number of carbonyl (C=O) groups is 3. The second-order valence-corrected chi connectivity index (χ2v) is 17.9. The third kappa shape index (κ3) is 12.1. The number of Topliss-reactive ketones (excluding diaryl/α,β-unsaturated/α-hetero) is 1. The quantitative estimate of drug-likeness (QED) is 0.0878. The molecule has 1 aliphatic carbocycles. The molecule has 3 N–H and O–H groups in total. The summed E-state index contributed by atoms with van der Waals surface area (Å²) in [6.07, 6.45) is 6.31. The Morgan fingerprint density at radius 1 is 0.967 bits per heavy atom. The van der Waals surface area contributed by atoms with Gasteiger partial charge in [-0.2, -0.15) is 0 Å². The predicted molar refractivity (Wildman–Crippen MR) is 227 cm³/mol. The van der Waals surface area contributed by atoms with Gasteiger partial charge < -0.3 is 48.7 Å². The van der Waals surface area contributed by atoms with Crippen LogP contribution in [0.4, 0.5) is 0 Å². The molecule has 0 spiro atoms. The van der Waals surface area contributed by atoms with Crippen LogP contribution in [-0.2, 0) is 42.9 Å². The minimum atomic E-state index is -2.50. The molecule has 340 valence electrons. The number of hydrogen-bond donors (Lipinski definition) is 3. The Hall–Kier alpha value is -2.98. The molecule has 14 nitrogen and oxygen atoms in total. The van der Waals surface area contributed by atoms with E-state index in [0.29, 0.717) is 62.7 Å². The molecule has 1 saturated carbocycles. The molecule has 2 bridgehead atoms. The summed E-state index contributed by atoms with van der Waals surface area (Å²) < 4.78 is 30.1.